The number of anilines is 2. The molecule has 0 aliphatic carbocycles. The van der Waals surface area contributed by atoms with Gasteiger partial charge in [-0.3, -0.25) is 4.79 Å². The van der Waals surface area contributed by atoms with Crippen molar-refractivity contribution in [1.29, 1.82) is 0 Å². The van der Waals surface area contributed by atoms with Crippen LogP contribution in [0.25, 0.3) is 0 Å². The third kappa shape index (κ3) is 5.56. The zero-order chi connectivity index (χ0) is 19.1. The maximum atomic E-state index is 11.9. The van der Waals surface area contributed by atoms with Crippen LogP contribution in [0.15, 0.2) is 36.4 Å². The van der Waals surface area contributed by atoms with Gasteiger partial charge in [-0.15, -0.1) is 0 Å². The van der Waals surface area contributed by atoms with Crippen LogP contribution >= 0.6 is 11.6 Å². The smallest absolute Gasteiger partial charge is 0.224 e. The molecule has 2 rings (SSSR count). The third-order valence-electron chi connectivity index (χ3n) is 3.78. The van der Waals surface area contributed by atoms with Crippen LogP contribution in [-0.4, -0.2) is 20.1 Å². The number of benzene rings is 2. The summed E-state index contributed by atoms with van der Waals surface area (Å²) in [5.74, 6) is 1.56. The second-order valence-electron chi connectivity index (χ2n) is 6.38. The summed E-state index contributed by atoms with van der Waals surface area (Å²) in [6.45, 7) is 4.55. The number of hydrogen-bond acceptors (Lipinski definition) is 4. The van der Waals surface area contributed by atoms with Crippen LogP contribution in [0.3, 0.4) is 0 Å². The van der Waals surface area contributed by atoms with Gasteiger partial charge in [0, 0.05) is 35.4 Å². The van der Waals surface area contributed by atoms with Gasteiger partial charge in [0.2, 0.25) is 5.91 Å². The van der Waals surface area contributed by atoms with E-state index in [0.29, 0.717) is 35.4 Å². The Labute approximate surface area is 159 Å². The van der Waals surface area contributed by atoms with Gasteiger partial charge in [-0.25, -0.2) is 0 Å². The SMILES string of the molecule is COc1cc(Cl)c(CNc2cccc(NC(=O)CC(C)C)c2)cc1OC. The van der Waals surface area contributed by atoms with Crippen molar-refractivity contribution < 1.29 is 14.3 Å². The van der Waals surface area contributed by atoms with E-state index in [0.717, 1.165) is 16.9 Å². The molecule has 0 heterocycles. The summed E-state index contributed by atoms with van der Waals surface area (Å²) >= 11 is 6.32. The molecule has 0 bridgehead atoms. The first-order valence-corrected chi connectivity index (χ1v) is 8.85. The lowest BCUT2D eigenvalue weighted by atomic mass is 10.1. The zero-order valence-corrected chi connectivity index (χ0v) is 16.3. The molecule has 0 radical (unpaired) electrons. The molecule has 0 spiro atoms. The Kier molecular flexibility index (Phi) is 7.16. The van der Waals surface area contributed by atoms with Gasteiger partial charge in [-0.1, -0.05) is 31.5 Å². The third-order valence-corrected chi connectivity index (χ3v) is 4.13. The van der Waals surface area contributed by atoms with Gasteiger partial charge < -0.3 is 20.1 Å². The van der Waals surface area contributed by atoms with Crippen molar-refractivity contribution >= 4 is 28.9 Å². The van der Waals surface area contributed by atoms with Crippen molar-refractivity contribution in [3.05, 3.63) is 47.0 Å². The first kappa shape index (κ1) is 19.9. The van der Waals surface area contributed by atoms with E-state index in [1.165, 1.54) is 0 Å². The van der Waals surface area contributed by atoms with Crippen molar-refractivity contribution in [3.63, 3.8) is 0 Å². The number of carbonyl (C=O) groups is 1. The van der Waals surface area contributed by atoms with Crippen LogP contribution in [0.4, 0.5) is 11.4 Å². The van der Waals surface area contributed by atoms with Gasteiger partial charge in [-0.05, 0) is 35.7 Å². The number of rotatable bonds is 8. The molecule has 0 atom stereocenters. The van der Waals surface area contributed by atoms with E-state index in [1.54, 1.807) is 20.3 Å². The highest BCUT2D eigenvalue weighted by molar-refractivity contribution is 6.31. The average Bonchev–Trinajstić information content (AvgIpc) is 2.59. The van der Waals surface area contributed by atoms with Gasteiger partial charge in [0.1, 0.15) is 0 Å². The van der Waals surface area contributed by atoms with Gasteiger partial charge >= 0.3 is 0 Å². The van der Waals surface area contributed by atoms with Crippen LogP contribution in [0.2, 0.25) is 5.02 Å². The van der Waals surface area contributed by atoms with Crippen LogP contribution in [0.5, 0.6) is 11.5 Å². The highest BCUT2D eigenvalue weighted by Crippen LogP contribution is 2.33. The van der Waals surface area contributed by atoms with Crippen LogP contribution in [-0.2, 0) is 11.3 Å². The van der Waals surface area contributed by atoms with E-state index in [4.69, 9.17) is 21.1 Å². The number of halogens is 1. The number of amides is 1. The predicted octanol–water partition coefficient (Wildman–Crippen LogP) is 4.95. The number of ether oxygens (including phenoxy) is 2. The number of carbonyl (C=O) groups excluding carboxylic acids is 1. The highest BCUT2D eigenvalue weighted by Gasteiger charge is 2.10. The van der Waals surface area contributed by atoms with Crippen molar-refractivity contribution in [2.75, 3.05) is 24.9 Å². The minimum absolute atomic E-state index is 0.0140. The molecule has 0 fully saturated rings. The summed E-state index contributed by atoms with van der Waals surface area (Å²) in [5.41, 5.74) is 2.54. The fraction of sp³-hybridized carbons (Fsp3) is 0.350. The van der Waals surface area contributed by atoms with Crippen molar-refractivity contribution in [3.8, 4) is 11.5 Å². The lowest BCUT2D eigenvalue weighted by molar-refractivity contribution is -0.116. The van der Waals surface area contributed by atoms with E-state index in [1.807, 2.05) is 44.2 Å². The second-order valence-corrected chi connectivity index (χ2v) is 6.79. The van der Waals surface area contributed by atoms with E-state index in [-0.39, 0.29) is 5.91 Å². The summed E-state index contributed by atoms with van der Waals surface area (Å²) in [6.07, 6.45) is 0.499. The molecule has 2 aromatic rings. The number of methoxy groups -OCH3 is 2. The molecule has 5 nitrogen and oxygen atoms in total. The summed E-state index contributed by atoms with van der Waals surface area (Å²) in [4.78, 5) is 11.9. The molecule has 26 heavy (non-hydrogen) atoms. The molecule has 2 N–H and O–H groups in total. The number of hydrogen-bond donors (Lipinski definition) is 2. The van der Waals surface area contributed by atoms with Crippen LogP contribution in [0.1, 0.15) is 25.8 Å². The van der Waals surface area contributed by atoms with Crippen molar-refractivity contribution in [1.82, 2.24) is 0 Å². The normalized spacial score (nSPS) is 10.5. The van der Waals surface area contributed by atoms with Crippen LogP contribution < -0.4 is 20.1 Å². The van der Waals surface area contributed by atoms with Gasteiger partial charge in [0.15, 0.2) is 11.5 Å². The number of nitrogens with one attached hydrogen (secondary N) is 2. The molecule has 0 saturated carbocycles. The van der Waals surface area contributed by atoms with Crippen molar-refractivity contribution in [2.24, 2.45) is 5.92 Å². The Hall–Kier alpha value is -2.40. The summed E-state index contributed by atoms with van der Waals surface area (Å²) in [7, 11) is 3.16. The summed E-state index contributed by atoms with van der Waals surface area (Å²) < 4.78 is 10.6. The quantitative estimate of drug-likeness (QED) is 0.684. The van der Waals surface area contributed by atoms with Gasteiger partial charge in [0.05, 0.1) is 14.2 Å². The van der Waals surface area contributed by atoms with E-state index < -0.39 is 0 Å². The summed E-state index contributed by atoms with van der Waals surface area (Å²) in [5, 5.41) is 6.82. The predicted molar refractivity (Wildman–Crippen MR) is 106 cm³/mol. The average molecular weight is 377 g/mol. The molecule has 6 heteroatoms. The Morgan fingerprint density at radius 2 is 1.73 bits per heavy atom. The Balaban J connectivity index is 2.06. The standard InChI is InChI=1S/C20H25ClN2O3/c1-13(2)8-20(24)23-16-7-5-6-15(10-16)22-12-14-9-18(25-3)19(26-4)11-17(14)21/h5-7,9-11,13,22H,8,12H2,1-4H3,(H,23,24). The van der Waals surface area contributed by atoms with Crippen LogP contribution in [0, 0.1) is 5.92 Å². The molecule has 0 aliphatic heterocycles. The minimum atomic E-state index is 0.0140. The Morgan fingerprint density at radius 1 is 1.08 bits per heavy atom. The fourth-order valence-corrected chi connectivity index (χ4v) is 2.74. The molecule has 1 amide bonds. The molecule has 0 aliphatic rings. The summed E-state index contributed by atoms with van der Waals surface area (Å²) in [6, 6.07) is 11.2. The van der Waals surface area contributed by atoms with E-state index in [9.17, 15) is 4.79 Å². The lowest BCUT2D eigenvalue weighted by Gasteiger charge is -2.14. The second kappa shape index (κ2) is 9.34. The molecular formula is C20H25ClN2O3. The van der Waals surface area contributed by atoms with E-state index >= 15 is 0 Å². The van der Waals surface area contributed by atoms with Gasteiger partial charge in [0.25, 0.3) is 0 Å². The molecule has 0 unspecified atom stereocenters. The lowest BCUT2D eigenvalue weighted by Crippen LogP contribution is -2.13. The Morgan fingerprint density at radius 3 is 2.38 bits per heavy atom. The molecular weight excluding hydrogens is 352 g/mol. The largest absolute Gasteiger partial charge is 0.493 e. The topological polar surface area (TPSA) is 59.6 Å². The van der Waals surface area contributed by atoms with Crippen molar-refractivity contribution in [2.45, 2.75) is 26.8 Å². The minimum Gasteiger partial charge on any atom is -0.493 e. The zero-order valence-electron chi connectivity index (χ0n) is 15.6. The molecule has 0 saturated heterocycles. The first-order valence-electron chi connectivity index (χ1n) is 8.47. The highest BCUT2D eigenvalue weighted by atomic mass is 35.5. The maximum absolute atomic E-state index is 11.9. The van der Waals surface area contributed by atoms with Gasteiger partial charge in [-0.2, -0.15) is 0 Å². The molecule has 140 valence electrons. The first-order chi connectivity index (χ1) is 12.4. The van der Waals surface area contributed by atoms with E-state index in [2.05, 4.69) is 10.6 Å². The fourth-order valence-electron chi connectivity index (χ4n) is 2.52. The maximum Gasteiger partial charge on any atom is 0.224 e. The molecule has 2 aromatic carbocycles. The molecule has 0 aromatic heterocycles. The Bertz CT molecular complexity index is 763. The monoisotopic (exact) mass is 376 g/mol.